The molecule has 0 N–H and O–H groups in total. The summed E-state index contributed by atoms with van der Waals surface area (Å²) in [5.41, 5.74) is 2.78. The van der Waals surface area contributed by atoms with Gasteiger partial charge >= 0.3 is 0 Å². The second-order valence-corrected chi connectivity index (χ2v) is 3.26. The highest BCUT2D eigenvalue weighted by Gasteiger charge is 2.06. The summed E-state index contributed by atoms with van der Waals surface area (Å²) >= 11 is 4.34. The van der Waals surface area contributed by atoms with Gasteiger partial charge in [-0.25, -0.2) is 4.98 Å². The average Bonchev–Trinajstić information content (AvgIpc) is 2.39. The Balaban J connectivity index is 2.89. The molecule has 0 aliphatic heterocycles. The van der Waals surface area contributed by atoms with Crippen LogP contribution in [0.15, 0.2) is 21.4 Å². The molecule has 0 saturated carbocycles. The van der Waals surface area contributed by atoms with Gasteiger partial charge in [0.2, 0.25) is 0 Å². The van der Waals surface area contributed by atoms with Gasteiger partial charge in [-0.15, -0.1) is 12.6 Å². The smallest absolute Gasteiger partial charge is 0.192 e. The van der Waals surface area contributed by atoms with Crippen molar-refractivity contribution in [1.82, 2.24) is 4.98 Å². The van der Waals surface area contributed by atoms with Crippen LogP contribution in [0, 0.1) is 13.8 Å². The van der Waals surface area contributed by atoms with Gasteiger partial charge in [-0.3, -0.25) is 0 Å². The highest BCUT2D eigenvalue weighted by atomic mass is 32.1. The molecule has 0 fully saturated rings. The molecule has 0 amide bonds. The minimum Gasteiger partial charge on any atom is -0.440 e. The van der Waals surface area contributed by atoms with E-state index in [0.717, 1.165) is 21.6 Å². The second-order valence-electron chi connectivity index (χ2n) is 2.81. The molecule has 12 heavy (non-hydrogen) atoms. The van der Waals surface area contributed by atoms with E-state index in [4.69, 9.17) is 4.42 Å². The molecule has 1 aromatic carbocycles. The number of nitrogens with zero attached hydrogens (tertiary/aromatic N) is 1. The Morgan fingerprint density at radius 2 is 2.08 bits per heavy atom. The van der Waals surface area contributed by atoms with Crippen molar-refractivity contribution in [3.8, 4) is 0 Å². The monoisotopic (exact) mass is 179 g/mol. The van der Waals surface area contributed by atoms with Gasteiger partial charge in [-0.2, -0.15) is 0 Å². The molecule has 3 heteroatoms. The second kappa shape index (κ2) is 2.52. The lowest BCUT2D eigenvalue weighted by molar-refractivity contribution is 0.555. The predicted octanol–water partition coefficient (Wildman–Crippen LogP) is 2.73. The van der Waals surface area contributed by atoms with E-state index < -0.39 is 0 Å². The summed E-state index contributed by atoms with van der Waals surface area (Å²) in [6, 6.07) is 3.94. The van der Waals surface area contributed by atoms with E-state index in [-0.39, 0.29) is 0 Å². The number of benzene rings is 1. The Labute approximate surface area is 76.0 Å². The Bertz CT molecular complexity index is 433. The number of hydrogen-bond acceptors (Lipinski definition) is 3. The standard InChI is InChI=1S/C9H9NOS/c1-5-3-4-7-8(9(5)12)11-6(2)10-7/h3-4,12H,1-2H3. The molecule has 1 heterocycles. The molecule has 2 rings (SSSR count). The maximum Gasteiger partial charge on any atom is 0.192 e. The largest absolute Gasteiger partial charge is 0.440 e. The van der Waals surface area contributed by atoms with Crippen molar-refractivity contribution < 1.29 is 4.42 Å². The van der Waals surface area contributed by atoms with E-state index in [2.05, 4.69) is 17.6 Å². The highest BCUT2D eigenvalue weighted by molar-refractivity contribution is 7.80. The first-order valence-electron chi connectivity index (χ1n) is 3.74. The Kier molecular flexibility index (Phi) is 1.61. The first-order valence-corrected chi connectivity index (χ1v) is 4.19. The van der Waals surface area contributed by atoms with Crippen LogP contribution in [-0.4, -0.2) is 4.98 Å². The number of thiol groups is 1. The van der Waals surface area contributed by atoms with Gasteiger partial charge in [-0.05, 0) is 18.6 Å². The van der Waals surface area contributed by atoms with Gasteiger partial charge in [-0.1, -0.05) is 6.07 Å². The van der Waals surface area contributed by atoms with Crippen molar-refractivity contribution in [3.05, 3.63) is 23.6 Å². The fourth-order valence-electron chi connectivity index (χ4n) is 1.19. The lowest BCUT2D eigenvalue weighted by atomic mass is 10.2. The molecule has 62 valence electrons. The molecule has 0 bridgehead atoms. The molecule has 0 saturated heterocycles. The summed E-state index contributed by atoms with van der Waals surface area (Å²) < 4.78 is 5.39. The van der Waals surface area contributed by atoms with Gasteiger partial charge < -0.3 is 4.42 Å². The maximum absolute atomic E-state index is 5.39. The zero-order valence-electron chi connectivity index (χ0n) is 6.96. The first-order chi connectivity index (χ1) is 5.68. The maximum atomic E-state index is 5.39. The van der Waals surface area contributed by atoms with E-state index in [1.807, 2.05) is 26.0 Å². The van der Waals surface area contributed by atoms with Crippen LogP contribution in [0.5, 0.6) is 0 Å². The third kappa shape index (κ3) is 1.01. The summed E-state index contributed by atoms with van der Waals surface area (Å²) in [4.78, 5) is 5.08. The first kappa shape index (κ1) is 7.68. The van der Waals surface area contributed by atoms with Gasteiger partial charge in [0.05, 0.1) is 4.90 Å². The minimum absolute atomic E-state index is 0.686. The van der Waals surface area contributed by atoms with Gasteiger partial charge in [0.15, 0.2) is 11.5 Å². The molecular weight excluding hydrogens is 170 g/mol. The molecule has 1 aromatic heterocycles. The van der Waals surface area contributed by atoms with Crippen molar-refractivity contribution in [1.29, 1.82) is 0 Å². The van der Waals surface area contributed by atoms with Crippen LogP contribution in [0.25, 0.3) is 11.1 Å². The average molecular weight is 179 g/mol. The van der Waals surface area contributed by atoms with Crippen LogP contribution in [0.2, 0.25) is 0 Å². The van der Waals surface area contributed by atoms with Gasteiger partial charge in [0, 0.05) is 6.92 Å². The van der Waals surface area contributed by atoms with Gasteiger partial charge in [0.25, 0.3) is 0 Å². The molecule has 0 spiro atoms. The lowest BCUT2D eigenvalue weighted by Gasteiger charge is -1.96. The summed E-state index contributed by atoms with van der Waals surface area (Å²) in [5.74, 6) is 0.686. The number of oxazole rings is 1. The van der Waals surface area contributed by atoms with E-state index >= 15 is 0 Å². The Morgan fingerprint density at radius 3 is 2.83 bits per heavy atom. The van der Waals surface area contributed by atoms with Crippen LogP contribution in [0.3, 0.4) is 0 Å². The highest BCUT2D eigenvalue weighted by Crippen LogP contribution is 2.25. The summed E-state index contributed by atoms with van der Waals surface area (Å²) in [5, 5.41) is 0. The number of rotatable bonds is 0. The third-order valence-electron chi connectivity index (χ3n) is 1.84. The summed E-state index contributed by atoms with van der Waals surface area (Å²) in [6.45, 7) is 3.84. The van der Waals surface area contributed by atoms with Crippen LogP contribution in [0.1, 0.15) is 11.5 Å². The van der Waals surface area contributed by atoms with Crippen LogP contribution < -0.4 is 0 Å². The van der Waals surface area contributed by atoms with Crippen LogP contribution >= 0.6 is 12.6 Å². The number of aromatic nitrogens is 1. The van der Waals surface area contributed by atoms with Crippen molar-refractivity contribution in [2.75, 3.05) is 0 Å². The molecule has 0 aliphatic carbocycles. The number of fused-ring (bicyclic) bond motifs is 1. The van der Waals surface area contributed by atoms with Crippen molar-refractivity contribution in [3.63, 3.8) is 0 Å². The van der Waals surface area contributed by atoms with Crippen molar-refractivity contribution in [2.45, 2.75) is 18.7 Å². The SMILES string of the molecule is Cc1nc2ccc(C)c(S)c2o1. The summed E-state index contributed by atoms with van der Waals surface area (Å²) in [7, 11) is 0. The van der Waals surface area contributed by atoms with Crippen molar-refractivity contribution in [2.24, 2.45) is 0 Å². The fraction of sp³-hybridized carbons (Fsp3) is 0.222. The van der Waals surface area contributed by atoms with Crippen LogP contribution in [0.4, 0.5) is 0 Å². The normalized spacial score (nSPS) is 10.9. The molecule has 0 unspecified atom stereocenters. The molecule has 0 aliphatic rings. The summed E-state index contributed by atoms with van der Waals surface area (Å²) in [6.07, 6.45) is 0. The predicted molar refractivity (Wildman–Crippen MR) is 50.7 cm³/mol. The fourth-order valence-corrected chi connectivity index (χ4v) is 1.42. The molecular formula is C9H9NOS. The van der Waals surface area contributed by atoms with E-state index in [1.54, 1.807) is 0 Å². The van der Waals surface area contributed by atoms with Crippen molar-refractivity contribution >= 4 is 23.7 Å². The topological polar surface area (TPSA) is 26.0 Å². The van der Waals surface area contributed by atoms with E-state index in [1.165, 1.54) is 0 Å². The van der Waals surface area contributed by atoms with Crippen LogP contribution in [-0.2, 0) is 0 Å². The molecule has 2 aromatic rings. The Hall–Kier alpha value is -0.960. The number of aryl methyl sites for hydroxylation is 2. The minimum atomic E-state index is 0.686. The third-order valence-corrected chi connectivity index (χ3v) is 2.40. The lowest BCUT2D eigenvalue weighted by Crippen LogP contribution is -1.76. The molecule has 2 nitrogen and oxygen atoms in total. The zero-order chi connectivity index (χ0) is 8.72. The van der Waals surface area contributed by atoms with Gasteiger partial charge in [0.1, 0.15) is 5.52 Å². The zero-order valence-corrected chi connectivity index (χ0v) is 7.85. The Morgan fingerprint density at radius 1 is 1.33 bits per heavy atom. The molecule has 0 atom stereocenters. The van der Waals surface area contributed by atoms with E-state index in [9.17, 15) is 0 Å². The van der Waals surface area contributed by atoms with E-state index in [0.29, 0.717) is 5.89 Å². The molecule has 0 radical (unpaired) electrons. The number of hydrogen-bond donors (Lipinski definition) is 1. The quantitative estimate of drug-likeness (QED) is 0.629.